The molecule has 0 N–H and O–H groups in total. The van der Waals surface area contributed by atoms with E-state index in [4.69, 9.17) is 9.47 Å². The number of nitrogens with zero attached hydrogens (tertiary/aromatic N) is 1. The maximum Gasteiger partial charge on any atom is 0.325 e. The molecule has 0 atom stereocenters. The van der Waals surface area contributed by atoms with Crippen molar-refractivity contribution in [3.63, 3.8) is 0 Å². The summed E-state index contributed by atoms with van der Waals surface area (Å²) in [6, 6.07) is 4.30. The van der Waals surface area contributed by atoms with Crippen LogP contribution in [0.4, 0.5) is 4.39 Å². The summed E-state index contributed by atoms with van der Waals surface area (Å²) in [6.07, 6.45) is 0.692. The zero-order valence-corrected chi connectivity index (χ0v) is 14.2. The van der Waals surface area contributed by atoms with Crippen molar-refractivity contribution in [1.29, 1.82) is 0 Å². The molecule has 5 nitrogen and oxygen atoms in total. The van der Waals surface area contributed by atoms with Crippen LogP contribution in [-0.4, -0.2) is 43.1 Å². The van der Waals surface area contributed by atoms with Gasteiger partial charge in [-0.2, -0.15) is 0 Å². The van der Waals surface area contributed by atoms with Crippen LogP contribution in [0, 0.1) is 5.82 Å². The van der Waals surface area contributed by atoms with Crippen LogP contribution in [0.25, 0.3) is 0 Å². The fourth-order valence-electron chi connectivity index (χ4n) is 1.75. The van der Waals surface area contributed by atoms with Gasteiger partial charge in [0.2, 0.25) is 0 Å². The summed E-state index contributed by atoms with van der Waals surface area (Å²) in [5.74, 6) is -1.44. The number of carbonyl (C=O) groups excluding carboxylic acids is 2. The first-order valence-corrected chi connectivity index (χ1v) is 7.78. The van der Waals surface area contributed by atoms with Gasteiger partial charge in [-0.3, -0.25) is 9.59 Å². The second-order valence-electron chi connectivity index (χ2n) is 4.48. The lowest BCUT2D eigenvalue weighted by atomic mass is 10.3. The first kappa shape index (κ1) is 18.4. The number of esters is 1. The summed E-state index contributed by atoms with van der Waals surface area (Å²) in [7, 11) is 0. The molecule has 0 spiro atoms. The lowest BCUT2D eigenvalue weighted by molar-refractivity contribution is -0.149. The van der Waals surface area contributed by atoms with Gasteiger partial charge in [0, 0.05) is 11.0 Å². The van der Waals surface area contributed by atoms with E-state index in [1.165, 1.54) is 17.0 Å². The minimum Gasteiger partial charge on any atom is -0.481 e. The predicted molar refractivity (Wildman–Crippen MR) is 83.1 cm³/mol. The zero-order valence-electron chi connectivity index (χ0n) is 12.6. The molecule has 1 amide bonds. The van der Waals surface area contributed by atoms with Gasteiger partial charge in [0.15, 0.2) is 18.2 Å². The normalized spacial score (nSPS) is 10.2. The molecule has 1 rings (SSSR count). The van der Waals surface area contributed by atoms with Crippen molar-refractivity contribution in [3.8, 4) is 5.75 Å². The van der Waals surface area contributed by atoms with Crippen LogP contribution in [0.1, 0.15) is 20.3 Å². The molecule has 0 saturated carbocycles. The Morgan fingerprint density at radius 1 is 1.32 bits per heavy atom. The number of halogens is 2. The Bertz CT molecular complexity index is 524. The van der Waals surface area contributed by atoms with Gasteiger partial charge in [-0.1, -0.05) is 22.9 Å². The molecule has 0 aliphatic carbocycles. The summed E-state index contributed by atoms with van der Waals surface area (Å²) < 4.78 is 24.2. The third-order valence-corrected chi connectivity index (χ3v) is 3.21. The molecule has 0 aliphatic rings. The molecule has 0 saturated heterocycles. The van der Waals surface area contributed by atoms with Gasteiger partial charge in [-0.15, -0.1) is 0 Å². The maximum atomic E-state index is 13.6. The van der Waals surface area contributed by atoms with Crippen LogP contribution in [0.15, 0.2) is 22.7 Å². The van der Waals surface area contributed by atoms with Gasteiger partial charge >= 0.3 is 5.97 Å². The van der Waals surface area contributed by atoms with Crippen molar-refractivity contribution in [3.05, 3.63) is 28.5 Å². The number of rotatable bonds is 8. The number of carbonyl (C=O) groups is 2. The van der Waals surface area contributed by atoms with E-state index in [1.54, 1.807) is 13.0 Å². The second-order valence-corrected chi connectivity index (χ2v) is 5.40. The molecule has 0 radical (unpaired) electrons. The van der Waals surface area contributed by atoms with Crippen molar-refractivity contribution in [1.82, 2.24) is 4.90 Å². The molecule has 0 aromatic heterocycles. The van der Waals surface area contributed by atoms with Gasteiger partial charge in [-0.05, 0) is 31.5 Å². The Balaban J connectivity index is 2.60. The molecule has 0 unspecified atom stereocenters. The van der Waals surface area contributed by atoms with Crippen molar-refractivity contribution in [2.45, 2.75) is 20.3 Å². The van der Waals surface area contributed by atoms with E-state index in [9.17, 15) is 14.0 Å². The Kier molecular flexibility index (Phi) is 7.87. The van der Waals surface area contributed by atoms with Crippen LogP contribution in [0.5, 0.6) is 5.75 Å². The van der Waals surface area contributed by atoms with E-state index >= 15 is 0 Å². The molecule has 122 valence electrons. The molecule has 1 aromatic carbocycles. The third kappa shape index (κ3) is 6.01. The number of hydrogen-bond donors (Lipinski definition) is 0. The lowest BCUT2D eigenvalue weighted by Crippen LogP contribution is -2.39. The highest BCUT2D eigenvalue weighted by Gasteiger charge is 2.18. The summed E-state index contributed by atoms with van der Waals surface area (Å²) in [5.41, 5.74) is 0. The van der Waals surface area contributed by atoms with Crippen LogP contribution in [-0.2, 0) is 14.3 Å². The highest BCUT2D eigenvalue weighted by Crippen LogP contribution is 2.21. The summed E-state index contributed by atoms with van der Waals surface area (Å²) in [5, 5.41) is 0. The van der Waals surface area contributed by atoms with E-state index in [0.29, 0.717) is 17.4 Å². The van der Waals surface area contributed by atoms with E-state index in [0.717, 1.165) is 0 Å². The molecule has 7 heteroatoms. The van der Waals surface area contributed by atoms with Gasteiger partial charge in [0.05, 0.1) is 6.61 Å². The fraction of sp³-hybridized carbons (Fsp3) is 0.467. The van der Waals surface area contributed by atoms with Crippen molar-refractivity contribution < 1.29 is 23.5 Å². The largest absolute Gasteiger partial charge is 0.481 e. The zero-order chi connectivity index (χ0) is 16.5. The predicted octanol–water partition coefficient (Wildman–Crippen LogP) is 2.77. The summed E-state index contributed by atoms with van der Waals surface area (Å²) in [4.78, 5) is 24.9. The molecule has 1 aromatic rings. The maximum absolute atomic E-state index is 13.6. The third-order valence-electron chi connectivity index (χ3n) is 2.72. The summed E-state index contributed by atoms with van der Waals surface area (Å²) >= 11 is 3.14. The molecular formula is C15H19BrFNO4. The smallest absolute Gasteiger partial charge is 0.325 e. The Morgan fingerprint density at radius 3 is 2.64 bits per heavy atom. The van der Waals surface area contributed by atoms with E-state index in [2.05, 4.69) is 15.9 Å². The molecule has 0 aliphatic heterocycles. The molecule has 0 heterocycles. The number of ether oxygens (including phenoxy) is 2. The SMILES string of the molecule is CCCN(CC(=O)OCC)C(=O)COc1ccc(Br)cc1F. The molecule has 0 fully saturated rings. The second kappa shape index (κ2) is 9.40. The van der Waals surface area contributed by atoms with E-state index in [1.807, 2.05) is 6.92 Å². The van der Waals surface area contributed by atoms with Gasteiger partial charge in [-0.25, -0.2) is 4.39 Å². The Morgan fingerprint density at radius 2 is 2.05 bits per heavy atom. The standard InChI is InChI=1S/C15H19BrFNO4/c1-3-7-18(9-15(20)21-4-2)14(19)10-22-13-6-5-11(16)8-12(13)17/h5-6,8H,3-4,7,9-10H2,1-2H3. The topological polar surface area (TPSA) is 55.8 Å². The quantitative estimate of drug-likeness (QED) is 0.655. The number of hydrogen-bond acceptors (Lipinski definition) is 4. The number of benzene rings is 1. The van der Waals surface area contributed by atoms with Crippen molar-refractivity contribution in [2.75, 3.05) is 26.3 Å². The van der Waals surface area contributed by atoms with Gasteiger partial charge in [0.1, 0.15) is 6.54 Å². The summed E-state index contributed by atoms with van der Waals surface area (Å²) in [6.45, 7) is 3.78. The highest BCUT2D eigenvalue weighted by atomic mass is 79.9. The van der Waals surface area contributed by atoms with Gasteiger partial charge in [0.25, 0.3) is 5.91 Å². The fourth-order valence-corrected chi connectivity index (χ4v) is 2.08. The van der Waals surface area contributed by atoms with Crippen LogP contribution in [0.2, 0.25) is 0 Å². The average Bonchev–Trinajstić information content (AvgIpc) is 2.46. The Labute approximate surface area is 137 Å². The highest BCUT2D eigenvalue weighted by molar-refractivity contribution is 9.10. The van der Waals surface area contributed by atoms with Crippen LogP contribution in [0.3, 0.4) is 0 Å². The average molecular weight is 376 g/mol. The van der Waals surface area contributed by atoms with Gasteiger partial charge < -0.3 is 14.4 Å². The lowest BCUT2D eigenvalue weighted by Gasteiger charge is -2.21. The molecular weight excluding hydrogens is 357 g/mol. The van der Waals surface area contributed by atoms with E-state index in [-0.39, 0.29) is 25.5 Å². The first-order valence-electron chi connectivity index (χ1n) is 6.99. The number of amides is 1. The minimum atomic E-state index is -0.561. The molecule has 22 heavy (non-hydrogen) atoms. The monoisotopic (exact) mass is 375 g/mol. The first-order chi connectivity index (χ1) is 10.5. The minimum absolute atomic E-state index is 0.0101. The van der Waals surface area contributed by atoms with Crippen molar-refractivity contribution in [2.24, 2.45) is 0 Å². The Hall–Kier alpha value is -1.63. The van der Waals surface area contributed by atoms with Crippen LogP contribution >= 0.6 is 15.9 Å². The van der Waals surface area contributed by atoms with E-state index < -0.39 is 17.7 Å². The van der Waals surface area contributed by atoms with Crippen LogP contribution < -0.4 is 4.74 Å². The molecule has 0 bridgehead atoms. The van der Waals surface area contributed by atoms with Crippen molar-refractivity contribution >= 4 is 27.8 Å².